The molecular formula is C44H47N3O8. The number of benzene rings is 4. The van der Waals surface area contributed by atoms with Crippen molar-refractivity contribution in [2.75, 3.05) is 47.2 Å². The molecule has 286 valence electrons. The lowest BCUT2D eigenvalue weighted by Gasteiger charge is -2.44. The van der Waals surface area contributed by atoms with Crippen LogP contribution in [0.15, 0.2) is 66.4 Å². The number of fused-ring (bicyclic) bond motifs is 8. The van der Waals surface area contributed by atoms with Crippen LogP contribution in [-0.4, -0.2) is 84.8 Å². The van der Waals surface area contributed by atoms with Gasteiger partial charge in [-0.2, -0.15) is 0 Å². The first-order valence-corrected chi connectivity index (χ1v) is 19.2. The molecule has 55 heavy (non-hydrogen) atoms. The molecule has 0 spiro atoms. The van der Waals surface area contributed by atoms with Gasteiger partial charge in [0.1, 0.15) is 36.1 Å². The predicted octanol–water partition coefficient (Wildman–Crippen LogP) is 5.58. The summed E-state index contributed by atoms with van der Waals surface area (Å²) in [6.45, 7) is 0.718. The highest BCUT2D eigenvalue weighted by atomic mass is 16.6. The van der Waals surface area contributed by atoms with Crippen molar-refractivity contribution < 1.29 is 39.4 Å². The third-order valence-electron chi connectivity index (χ3n) is 11.8. The third kappa shape index (κ3) is 6.02. The second-order valence-corrected chi connectivity index (χ2v) is 15.0. The highest BCUT2D eigenvalue weighted by Crippen LogP contribution is 2.60. The number of aromatic hydroxyl groups is 2. The lowest BCUT2D eigenvalue weighted by molar-refractivity contribution is -0.0436. The van der Waals surface area contributed by atoms with Crippen LogP contribution in [0.1, 0.15) is 63.3 Å². The van der Waals surface area contributed by atoms with E-state index in [1.54, 1.807) is 18.2 Å². The molecule has 11 heteroatoms. The van der Waals surface area contributed by atoms with Crippen LogP contribution >= 0.6 is 0 Å². The molecule has 11 nitrogen and oxygen atoms in total. The zero-order valence-corrected chi connectivity index (χ0v) is 31.0. The zero-order chi connectivity index (χ0) is 37.8. The Hall–Kier alpha value is -5.04. The van der Waals surface area contributed by atoms with Crippen LogP contribution in [0.5, 0.6) is 28.7 Å². The number of phenolic OH excluding ortho intramolecular Hbond substituents is 2. The molecule has 0 unspecified atom stereocenters. The van der Waals surface area contributed by atoms with E-state index in [9.17, 15) is 20.4 Å². The van der Waals surface area contributed by atoms with Gasteiger partial charge in [0.2, 0.25) is 0 Å². The van der Waals surface area contributed by atoms with Crippen molar-refractivity contribution in [2.24, 2.45) is 0 Å². The standard InChI is InChI=1S/C44H47N3O8/c1-45-20-26-16-32-35(50)10-7-28-40(32)33(39(26)24-3-8-34-23(15-24)11-12-47-34)18-30-31-19-38(53-22-46-2)42(25-4-9-36(51)37(17-25)52-14-13-48)55-43(31)29-6-5-27(21-49)54-44(29)41(28)30/h3-4,7-12,15-17,27,33,38-39,42,45-51H,5-6,13-14,18-22H2,1-2H3/t27-,33-,38-,39+,42-/m1/s1. The molecule has 0 saturated carbocycles. The molecular weight excluding hydrogens is 698 g/mol. The monoisotopic (exact) mass is 745 g/mol. The number of hydrogen-bond acceptors (Lipinski definition) is 10. The van der Waals surface area contributed by atoms with Gasteiger partial charge < -0.3 is 49.7 Å². The van der Waals surface area contributed by atoms with E-state index in [0.717, 1.165) is 66.9 Å². The summed E-state index contributed by atoms with van der Waals surface area (Å²) in [6, 6.07) is 17.8. The quantitative estimate of drug-likeness (QED) is 0.0852. The van der Waals surface area contributed by atoms with Crippen LogP contribution < -0.4 is 24.8 Å². The number of rotatable bonds is 11. The van der Waals surface area contributed by atoms with Gasteiger partial charge in [0.05, 0.1) is 19.9 Å². The molecule has 3 heterocycles. The Bertz CT molecular complexity index is 2300. The number of nitrogens with one attached hydrogen (secondary N) is 3. The Balaban J connectivity index is 1.25. The van der Waals surface area contributed by atoms with E-state index in [0.29, 0.717) is 39.0 Å². The Kier molecular flexibility index (Phi) is 9.43. The normalized spacial score (nSPS) is 22.1. The van der Waals surface area contributed by atoms with Gasteiger partial charge in [-0.15, -0.1) is 0 Å². The highest BCUT2D eigenvalue weighted by molar-refractivity contribution is 5.90. The van der Waals surface area contributed by atoms with E-state index >= 15 is 0 Å². The van der Waals surface area contributed by atoms with Crippen molar-refractivity contribution in [3.8, 4) is 39.9 Å². The van der Waals surface area contributed by atoms with Crippen molar-refractivity contribution in [1.29, 1.82) is 0 Å². The van der Waals surface area contributed by atoms with E-state index in [1.165, 1.54) is 11.1 Å². The van der Waals surface area contributed by atoms with Crippen molar-refractivity contribution in [2.45, 2.75) is 55.8 Å². The summed E-state index contributed by atoms with van der Waals surface area (Å²) >= 11 is 0. The van der Waals surface area contributed by atoms with E-state index in [4.69, 9.17) is 18.9 Å². The molecule has 0 amide bonds. The summed E-state index contributed by atoms with van der Waals surface area (Å²) in [4.78, 5) is 3.34. The molecule has 4 aromatic carbocycles. The average molecular weight is 746 g/mol. The van der Waals surface area contributed by atoms with Crippen molar-refractivity contribution in [3.05, 3.63) is 105 Å². The van der Waals surface area contributed by atoms with Gasteiger partial charge in [0.25, 0.3) is 0 Å². The summed E-state index contributed by atoms with van der Waals surface area (Å²) in [5, 5.41) is 49.5. The highest BCUT2D eigenvalue weighted by Gasteiger charge is 2.45. The zero-order valence-electron chi connectivity index (χ0n) is 31.0. The fourth-order valence-corrected chi connectivity index (χ4v) is 9.47. The molecule has 2 aliphatic carbocycles. The topological polar surface area (TPSA) is 158 Å². The molecule has 0 saturated heterocycles. The summed E-state index contributed by atoms with van der Waals surface area (Å²) in [7, 11) is 3.80. The molecule has 9 rings (SSSR count). The van der Waals surface area contributed by atoms with Crippen molar-refractivity contribution in [1.82, 2.24) is 15.6 Å². The lowest BCUT2D eigenvalue weighted by atomic mass is 9.63. The molecule has 5 atom stereocenters. The van der Waals surface area contributed by atoms with Crippen LogP contribution in [0.3, 0.4) is 0 Å². The van der Waals surface area contributed by atoms with Gasteiger partial charge in [0.15, 0.2) is 17.6 Å². The smallest absolute Gasteiger partial charge is 0.161 e. The first-order chi connectivity index (χ1) is 26.9. The minimum absolute atomic E-state index is 0.00792. The molecule has 4 aliphatic rings. The molecule has 0 radical (unpaired) electrons. The maximum absolute atomic E-state index is 11.5. The third-order valence-corrected chi connectivity index (χ3v) is 11.8. The molecule has 2 aliphatic heterocycles. The number of likely N-dealkylation sites (N-methyl/N-ethyl adjacent to an activating group) is 1. The largest absolute Gasteiger partial charge is 0.507 e. The molecule has 1 aromatic heterocycles. The molecule has 5 aromatic rings. The van der Waals surface area contributed by atoms with Gasteiger partial charge >= 0.3 is 0 Å². The average Bonchev–Trinajstić information content (AvgIpc) is 3.68. The van der Waals surface area contributed by atoms with E-state index in [1.807, 2.05) is 32.4 Å². The predicted molar refractivity (Wildman–Crippen MR) is 209 cm³/mol. The second-order valence-electron chi connectivity index (χ2n) is 15.0. The first-order valence-electron chi connectivity index (χ1n) is 19.2. The number of aliphatic hydroxyl groups excluding tert-OH is 2. The Labute approximate surface area is 319 Å². The Morgan fingerprint density at radius 1 is 0.873 bits per heavy atom. The number of H-pyrrole nitrogens is 1. The van der Waals surface area contributed by atoms with Gasteiger partial charge in [-0.25, -0.2) is 0 Å². The Morgan fingerprint density at radius 3 is 2.55 bits per heavy atom. The fraction of sp³-hybridized carbons (Fsp3) is 0.364. The van der Waals surface area contributed by atoms with E-state index in [-0.39, 0.29) is 55.0 Å². The van der Waals surface area contributed by atoms with Crippen LogP contribution in [0.4, 0.5) is 0 Å². The minimum atomic E-state index is -0.546. The minimum Gasteiger partial charge on any atom is -0.507 e. The van der Waals surface area contributed by atoms with Crippen molar-refractivity contribution >= 4 is 17.0 Å². The number of ether oxygens (including phenoxy) is 4. The van der Waals surface area contributed by atoms with Gasteiger partial charge in [-0.05, 0) is 121 Å². The maximum atomic E-state index is 11.5. The Morgan fingerprint density at radius 2 is 1.73 bits per heavy atom. The fourth-order valence-electron chi connectivity index (χ4n) is 9.47. The summed E-state index contributed by atoms with van der Waals surface area (Å²) in [5.74, 6) is 2.01. The summed E-state index contributed by atoms with van der Waals surface area (Å²) < 4.78 is 26.1. The second kappa shape index (κ2) is 14.6. The van der Waals surface area contributed by atoms with Gasteiger partial charge in [-0.1, -0.05) is 18.2 Å². The van der Waals surface area contributed by atoms with Gasteiger partial charge in [0, 0.05) is 52.9 Å². The molecule has 0 fully saturated rings. The molecule has 7 N–H and O–H groups in total. The lowest BCUT2D eigenvalue weighted by Crippen LogP contribution is -2.38. The summed E-state index contributed by atoms with van der Waals surface area (Å²) in [5.41, 5.74) is 11.4. The van der Waals surface area contributed by atoms with Crippen LogP contribution in [-0.2, 0) is 24.0 Å². The van der Waals surface area contributed by atoms with Crippen LogP contribution in [0.25, 0.3) is 28.1 Å². The van der Waals surface area contributed by atoms with Crippen LogP contribution in [0, 0.1) is 0 Å². The van der Waals surface area contributed by atoms with Crippen molar-refractivity contribution in [3.63, 3.8) is 0 Å². The number of aliphatic hydroxyl groups is 2. The first kappa shape index (κ1) is 35.6. The number of phenols is 2. The van der Waals surface area contributed by atoms with Crippen LogP contribution in [0.2, 0.25) is 0 Å². The number of aromatic amines is 1. The summed E-state index contributed by atoms with van der Waals surface area (Å²) in [6.07, 6.45) is 5.35. The van der Waals surface area contributed by atoms with E-state index < -0.39 is 12.2 Å². The molecule has 0 bridgehead atoms. The SMILES string of the molecule is CNCO[C@@H]1Cc2c3c(c4c(c2O[C@@H]1c1ccc(O)c(OCCO)c1)CC[C@H](CO)O4)-c1ccc(O)c2c1[C@H](C3)[C@@H](c1ccc3[nH]ccc3c1)C(CNC)=C2. The van der Waals surface area contributed by atoms with E-state index in [2.05, 4.69) is 46.0 Å². The maximum Gasteiger partial charge on any atom is 0.161 e. The van der Waals surface area contributed by atoms with Gasteiger partial charge in [-0.3, -0.25) is 5.32 Å². The number of aromatic nitrogens is 1. The number of hydrogen-bond donors (Lipinski definition) is 7.